The fraction of sp³-hybridized carbons (Fsp3) is 0.611. The number of nitrogens with one attached hydrogen (secondary N) is 2. The summed E-state index contributed by atoms with van der Waals surface area (Å²) in [7, 11) is -3.79. The second-order valence-corrected chi connectivity index (χ2v) is 10.0. The quantitative estimate of drug-likeness (QED) is 0.644. The van der Waals surface area contributed by atoms with Crippen LogP contribution in [0.15, 0.2) is 26.9 Å². The van der Waals surface area contributed by atoms with Gasteiger partial charge in [-0.2, -0.15) is 0 Å². The molecule has 0 aromatic heterocycles. The van der Waals surface area contributed by atoms with Crippen molar-refractivity contribution in [2.45, 2.75) is 68.0 Å². The molecule has 1 saturated heterocycles. The van der Waals surface area contributed by atoms with Crippen molar-refractivity contribution >= 4 is 40.2 Å². The molecular weight excluding hydrogens is 404 g/mol. The highest BCUT2D eigenvalue weighted by atomic mass is 35.5. The Morgan fingerprint density at radius 3 is 2.56 bits per heavy atom. The zero-order valence-electron chi connectivity index (χ0n) is 15.9. The lowest BCUT2D eigenvalue weighted by atomic mass is 9.95. The molecule has 1 aromatic rings. The molecule has 0 amide bonds. The summed E-state index contributed by atoms with van der Waals surface area (Å²) in [5.41, 5.74) is 0.682. The van der Waals surface area contributed by atoms with Crippen molar-refractivity contribution in [2.24, 2.45) is 4.99 Å². The molecule has 2 aliphatic heterocycles. The highest BCUT2D eigenvalue weighted by Crippen LogP contribution is 2.27. The van der Waals surface area contributed by atoms with Crippen molar-refractivity contribution in [3.05, 3.63) is 22.7 Å². The van der Waals surface area contributed by atoms with Gasteiger partial charge in [0.05, 0.1) is 6.54 Å². The van der Waals surface area contributed by atoms with Crippen LogP contribution in [0.2, 0.25) is 5.02 Å². The van der Waals surface area contributed by atoms with Crippen LogP contribution in [-0.4, -0.2) is 50.5 Å². The van der Waals surface area contributed by atoms with Gasteiger partial charge in [-0.3, -0.25) is 9.89 Å². The summed E-state index contributed by atoms with van der Waals surface area (Å²) in [4.78, 5) is 7.38. The van der Waals surface area contributed by atoms with Crippen LogP contribution in [0.5, 0.6) is 0 Å². The third-order valence-corrected chi connectivity index (χ3v) is 7.72. The van der Waals surface area contributed by atoms with Gasteiger partial charge in [0.1, 0.15) is 4.90 Å². The summed E-state index contributed by atoms with van der Waals surface area (Å²) in [6.07, 6.45) is 3.66. The molecule has 1 fully saturated rings. The highest BCUT2D eigenvalue weighted by Gasteiger charge is 2.33. The molecular formula is C18H27ClN4O2S2. The number of aryl methyl sites for hydroxylation is 1. The molecule has 0 bridgehead atoms. The number of hydrogen-bond donors (Lipinski definition) is 3. The number of aliphatic imine (C=N–C) groups is 1. The zero-order chi connectivity index (χ0) is 19.8. The summed E-state index contributed by atoms with van der Waals surface area (Å²) < 4.78 is 28.0. The number of rotatable bonds is 3. The van der Waals surface area contributed by atoms with Gasteiger partial charge in [-0.05, 0) is 51.3 Å². The van der Waals surface area contributed by atoms with E-state index in [1.165, 1.54) is 25.3 Å². The topological polar surface area (TPSA) is 73.8 Å². The average Bonchev–Trinajstić information content (AvgIpc) is 2.59. The first-order valence-electron chi connectivity index (χ1n) is 9.26. The van der Waals surface area contributed by atoms with E-state index in [0.717, 1.165) is 0 Å². The van der Waals surface area contributed by atoms with E-state index >= 15 is 0 Å². The lowest BCUT2D eigenvalue weighted by molar-refractivity contribution is 0.0583. The van der Waals surface area contributed by atoms with E-state index in [2.05, 4.69) is 46.4 Å². The molecule has 3 rings (SSSR count). The maximum Gasteiger partial charge on any atom is 0.265 e. The van der Waals surface area contributed by atoms with Gasteiger partial charge in [0.15, 0.2) is 0 Å². The Kier molecular flexibility index (Phi) is 6.30. The minimum Gasteiger partial charge on any atom is -0.354 e. The Morgan fingerprint density at radius 1 is 1.30 bits per heavy atom. The first kappa shape index (κ1) is 20.8. The summed E-state index contributed by atoms with van der Waals surface area (Å²) in [6.45, 7) is 7.52. The Balaban J connectivity index is 1.72. The Bertz CT molecular complexity index is 834. The Hall–Kier alpha value is -0.960. The van der Waals surface area contributed by atoms with Gasteiger partial charge in [-0.1, -0.05) is 18.0 Å². The van der Waals surface area contributed by atoms with E-state index in [0.29, 0.717) is 40.7 Å². The minimum atomic E-state index is -3.79. The molecule has 0 spiro atoms. The van der Waals surface area contributed by atoms with Crippen molar-refractivity contribution in [1.82, 2.24) is 14.9 Å². The highest BCUT2D eigenvalue weighted by molar-refractivity contribution is 7.91. The van der Waals surface area contributed by atoms with Gasteiger partial charge < -0.3 is 5.32 Å². The molecule has 150 valence electrons. The number of piperidine rings is 1. The molecule has 27 heavy (non-hydrogen) atoms. The first-order valence-corrected chi connectivity index (χ1v) is 11.6. The molecule has 0 aliphatic carbocycles. The van der Waals surface area contributed by atoms with E-state index in [4.69, 9.17) is 11.6 Å². The predicted molar refractivity (Wildman–Crippen MR) is 112 cm³/mol. The fourth-order valence-electron chi connectivity index (χ4n) is 4.00. The van der Waals surface area contributed by atoms with Gasteiger partial charge >= 0.3 is 0 Å². The molecule has 6 nitrogen and oxygen atoms in total. The smallest absolute Gasteiger partial charge is 0.265 e. The minimum absolute atomic E-state index is 0.0950. The summed E-state index contributed by atoms with van der Waals surface area (Å²) in [6, 6.07) is 4.40. The fourth-order valence-corrected chi connectivity index (χ4v) is 5.96. The zero-order valence-corrected chi connectivity index (χ0v) is 18.3. The number of halogens is 1. The summed E-state index contributed by atoms with van der Waals surface area (Å²) in [5, 5.41) is 3.63. The standard InChI is InChI=1S/C18H27ClN4O2S2/c1-11-7-17(16(26)8-15(11)19)27(24,25)22-18-20-9-14(10-21-18)23-12(2)5-4-6-13(23)3/h7-8,12-14,26H,4-6,9-10H2,1-3H3,(H2,20,21,22). The second kappa shape index (κ2) is 8.19. The van der Waals surface area contributed by atoms with Crippen LogP contribution in [0.1, 0.15) is 38.7 Å². The Labute approximate surface area is 172 Å². The summed E-state index contributed by atoms with van der Waals surface area (Å²) in [5.74, 6) is 0.281. The van der Waals surface area contributed by atoms with E-state index < -0.39 is 10.0 Å². The van der Waals surface area contributed by atoms with Gasteiger partial charge in [0, 0.05) is 34.6 Å². The first-order chi connectivity index (χ1) is 12.7. The van der Waals surface area contributed by atoms with Crippen LogP contribution in [0.25, 0.3) is 0 Å². The number of nitrogens with zero attached hydrogens (tertiary/aromatic N) is 2. The van der Waals surface area contributed by atoms with Crippen LogP contribution >= 0.6 is 24.2 Å². The van der Waals surface area contributed by atoms with Gasteiger partial charge in [-0.15, -0.1) is 12.6 Å². The maximum atomic E-state index is 12.7. The number of thiol groups is 1. The molecule has 0 saturated carbocycles. The van der Waals surface area contributed by atoms with Gasteiger partial charge in [0.25, 0.3) is 10.0 Å². The van der Waals surface area contributed by atoms with E-state index in [1.807, 2.05) is 0 Å². The third kappa shape index (κ3) is 4.55. The van der Waals surface area contributed by atoms with Crippen molar-refractivity contribution in [1.29, 1.82) is 0 Å². The van der Waals surface area contributed by atoms with Crippen LogP contribution in [-0.2, 0) is 10.0 Å². The van der Waals surface area contributed by atoms with E-state index in [9.17, 15) is 8.42 Å². The Morgan fingerprint density at radius 2 is 1.96 bits per heavy atom. The molecule has 3 unspecified atom stereocenters. The van der Waals surface area contributed by atoms with Crippen LogP contribution in [0.4, 0.5) is 0 Å². The van der Waals surface area contributed by atoms with E-state index in [1.54, 1.807) is 13.0 Å². The van der Waals surface area contributed by atoms with E-state index in [-0.39, 0.29) is 16.9 Å². The molecule has 2 heterocycles. The molecule has 1 aromatic carbocycles. The number of benzene rings is 1. The molecule has 3 atom stereocenters. The maximum absolute atomic E-state index is 12.7. The number of sulfonamides is 1. The largest absolute Gasteiger partial charge is 0.354 e. The molecule has 2 aliphatic rings. The number of likely N-dealkylation sites (tertiary alicyclic amines) is 1. The van der Waals surface area contributed by atoms with Crippen molar-refractivity contribution < 1.29 is 8.42 Å². The van der Waals surface area contributed by atoms with Crippen molar-refractivity contribution in [3.63, 3.8) is 0 Å². The van der Waals surface area contributed by atoms with Crippen LogP contribution in [0, 0.1) is 6.92 Å². The number of guanidine groups is 1. The average molecular weight is 431 g/mol. The SMILES string of the molecule is Cc1cc(S(=O)(=O)NC2=NCC(N3C(C)CCCC3C)CN2)c(S)cc1Cl. The summed E-state index contributed by atoms with van der Waals surface area (Å²) >= 11 is 10.3. The lowest BCUT2D eigenvalue weighted by Gasteiger charge is -2.45. The van der Waals surface area contributed by atoms with Crippen molar-refractivity contribution in [3.8, 4) is 0 Å². The molecule has 0 radical (unpaired) electrons. The van der Waals surface area contributed by atoms with Crippen molar-refractivity contribution in [2.75, 3.05) is 13.1 Å². The van der Waals surface area contributed by atoms with Crippen LogP contribution in [0.3, 0.4) is 0 Å². The third-order valence-electron chi connectivity index (χ3n) is 5.41. The monoisotopic (exact) mass is 430 g/mol. The van der Waals surface area contributed by atoms with Crippen LogP contribution < -0.4 is 10.0 Å². The predicted octanol–water partition coefficient (Wildman–Crippen LogP) is 2.81. The molecule has 9 heteroatoms. The normalized spacial score (nSPS) is 27.0. The lowest BCUT2D eigenvalue weighted by Crippen LogP contribution is -2.58. The number of hydrogen-bond acceptors (Lipinski definition) is 6. The molecule has 2 N–H and O–H groups in total. The van der Waals surface area contributed by atoms with Gasteiger partial charge in [0.2, 0.25) is 5.96 Å². The van der Waals surface area contributed by atoms with Gasteiger partial charge in [-0.25, -0.2) is 13.1 Å². The second-order valence-electron chi connectivity index (χ2n) is 7.47.